The van der Waals surface area contributed by atoms with E-state index in [9.17, 15) is 28.1 Å². The van der Waals surface area contributed by atoms with Gasteiger partial charge in [0.05, 0.1) is 22.1 Å². The number of benzene rings is 1. The molecule has 0 spiro atoms. The molecule has 1 N–H and O–H groups in total. The monoisotopic (exact) mass is 416 g/mol. The van der Waals surface area contributed by atoms with Gasteiger partial charge in [0, 0.05) is 29.9 Å². The van der Waals surface area contributed by atoms with Gasteiger partial charge in [0.1, 0.15) is 0 Å². The molecule has 150 valence electrons. The highest BCUT2D eigenvalue weighted by Gasteiger charge is 2.39. The first-order valence-corrected chi connectivity index (χ1v) is 8.94. The lowest BCUT2D eigenvalue weighted by atomic mass is 9.95. The van der Waals surface area contributed by atoms with Crippen molar-refractivity contribution in [3.8, 4) is 0 Å². The maximum absolute atomic E-state index is 13.2. The SMILES string of the molecule is O=C(NCCn1nc(C(F)(F)F)c2c1CCCC2)c1ccc([N+](=O)[O-])cc1Cl. The molecule has 0 saturated carbocycles. The lowest BCUT2D eigenvalue weighted by Gasteiger charge is -2.15. The van der Waals surface area contributed by atoms with Crippen molar-refractivity contribution in [1.82, 2.24) is 15.1 Å². The van der Waals surface area contributed by atoms with Gasteiger partial charge in [0.25, 0.3) is 11.6 Å². The van der Waals surface area contributed by atoms with E-state index in [1.165, 1.54) is 10.7 Å². The normalized spacial score (nSPS) is 13.9. The number of amides is 1. The predicted octanol–water partition coefficient (Wildman–Crippen LogP) is 3.77. The summed E-state index contributed by atoms with van der Waals surface area (Å²) < 4.78 is 40.9. The van der Waals surface area contributed by atoms with Crippen LogP contribution in [0.1, 0.15) is 40.2 Å². The van der Waals surface area contributed by atoms with Crippen LogP contribution in [-0.2, 0) is 25.6 Å². The summed E-state index contributed by atoms with van der Waals surface area (Å²) in [6.07, 6.45) is -2.17. The number of nitro benzene ring substituents is 1. The van der Waals surface area contributed by atoms with Crippen molar-refractivity contribution in [3.05, 3.63) is 55.9 Å². The van der Waals surface area contributed by atoms with Gasteiger partial charge in [-0.2, -0.15) is 18.3 Å². The minimum Gasteiger partial charge on any atom is -0.350 e. The molecule has 0 aliphatic heterocycles. The molecule has 7 nitrogen and oxygen atoms in total. The maximum Gasteiger partial charge on any atom is 0.435 e. The van der Waals surface area contributed by atoms with Gasteiger partial charge < -0.3 is 5.32 Å². The average Bonchev–Trinajstić information content (AvgIpc) is 3.00. The summed E-state index contributed by atoms with van der Waals surface area (Å²) in [6, 6.07) is 3.45. The highest BCUT2D eigenvalue weighted by Crippen LogP contribution is 2.35. The number of non-ortho nitro benzene ring substituents is 1. The molecule has 1 amide bonds. The molecule has 0 saturated heterocycles. The average molecular weight is 417 g/mol. The fourth-order valence-electron chi connectivity index (χ4n) is 3.26. The number of nitro groups is 1. The number of alkyl halides is 3. The summed E-state index contributed by atoms with van der Waals surface area (Å²) in [5, 5.41) is 16.9. The fourth-order valence-corrected chi connectivity index (χ4v) is 3.52. The van der Waals surface area contributed by atoms with Crippen LogP contribution in [0.2, 0.25) is 5.02 Å². The molecule has 1 heterocycles. The first-order valence-electron chi connectivity index (χ1n) is 8.56. The second-order valence-electron chi connectivity index (χ2n) is 6.38. The molecule has 1 aliphatic rings. The Hall–Kier alpha value is -2.62. The summed E-state index contributed by atoms with van der Waals surface area (Å²) in [5.74, 6) is -0.572. The van der Waals surface area contributed by atoms with E-state index in [2.05, 4.69) is 10.4 Å². The Morgan fingerprint density at radius 1 is 1.32 bits per heavy atom. The molecule has 3 rings (SSSR count). The number of carbonyl (C=O) groups excluding carboxylic acids is 1. The molecule has 1 aromatic heterocycles. The van der Waals surface area contributed by atoms with Crippen molar-refractivity contribution in [2.75, 3.05) is 6.54 Å². The largest absolute Gasteiger partial charge is 0.435 e. The predicted molar refractivity (Wildman–Crippen MR) is 94.3 cm³/mol. The number of hydrogen-bond acceptors (Lipinski definition) is 4. The van der Waals surface area contributed by atoms with Crippen LogP contribution in [0.25, 0.3) is 0 Å². The second-order valence-corrected chi connectivity index (χ2v) is 6.79. The van der Waals surface area contributed by atoms with E-state index in [0.29, 0.717) is 25.0 Å². The van der Waals surface area contributed by atoms with Crippen LogP contribution in [0.15, 0.2) is 18.2 Å². The molecule has 0 unspecified atom stereocenters. The maximum atomic E-state index is 13.2. The standard InChI is InChI=1S/C17H16ClF3N4O3/c18-13-9-10(25(27)28)5-6-11(13)16(26)22-7-8-24-14-4-2-1-3-12(14)15(23-24)17(19,20)21/h5-6,9H,1-4,7-8H2,(H,22,26). The molecule has 2 aromatic rings. The van der Waals surface area contributed by atoms with Crippen LogP contribution >= 0.6 is 11.6 Å². The number of fused-ring (bicyclic) bond motifs is 1. The van der Waals surface area contributed by atoms with Gasteiger partial charge >= 0.3 is 6.18 Å². The Labute approximate surface area is 162 Å². The van der Waals surface area contributed by atoms with Crippen LogP contribution < -0.4 is 5.32 Å². The van der Waals surface area contributed by atoms with E-state index in [1.54, 1.807) is 0 Å². The van der Waals surface area contributed by atoms with Crippen LogP contribution in [0, 0.1) is 10.1 Å². The third-order valence-electron chi connectivity index (χ3n) is 4.54. The highest BCUT2D eigenvalue weighted by atomic mass is 35.5. The molecule has 11 heteroatoms. The zero-order valence-corrected chi connectivity index (χ0v) is 15.3. The van der Waals surface area contributed by atoms with Gasteiger partial charge in [-0.3, -0.25) is 19.6 Å². The zero-order chi connectivity index (χ0) is 20.5. The molecule has 0 fully saturated rings. The summed E-state index contributed by atoms with van der Waals surface area (Å²) in [4.78, 5) is 22.3. The number of carbonyl (C=O) groups is 1. The zero-order valence-electron chi connectivity index (χ0n) is 14.6. The van der Waals surface area contributed by atoms with E-state index in [-0.39, 0.29) is 34.9 Å². The van der Waals surface area contributed by atoms with Crippen molar-refractivity contribution in [1.29, 1.82) is 0 Å². The molecular formula is C17H16ClF3N4O3. The van der Waals surface area contributed by atoms with Crippen molar-refractivity contribution in [2.45, 2.75) is 38.4 Å². The van der Waals surface area contributed by atoms with E-state index in [4.69, 9.17) is 11.6 Å². The van der Waals surface area contributed by atoms with Crippen LogP contribution in [-0.4, -0.2) is 27.2 Å². The lowest BCUT2D eigenvalue weighted by Crippen LogP contribution is -2.28. The highest BCUT2D eigenvalue weighted by molar-refractivity contribution is 6.34. The van der Waals surface area contributed by atoms with E-state index in [1.807, 2.05) is 0 Å². The minimum atomic E-state index is -4.51. The van der Waals surface area contributed by atoms with E-state index >= 15 is 0 Å². The van der Waals surface area contributed by atoms with Crippen molar-refractivity contribution < 1.29 is 22.9 Å². The van der Waals surface area contributed by atoms with Gasteiger partial charge in [-0.25, -0.2) is 0 Å². The van der Waals surface area contributed by atoms with E-state index < -0.39 is 22.7 Å². The third-order valence-corrected chi connectivity index (χ3v) is 4.86. The summed E-state index contributed by atoms with van der Waals surface area (Å²) in [5.41, 5.74) is -0.258. The first kappa shape index (κ1) is 20.1. The number of nitrogens with zero attached hydrogens (tertiary/aromatic N) is 3. The first-order chi connectivity index (χ1) is 13.2. The van der Waals surface area contributed by atoms with Crippen molar-refractivity contribution in [2.24, 2.45) is 0 Å². The topological polar surface area (TPSA) is 90.1 Å². The number of rotatable bonds is 5. The fraction of sp³-hybridized carbons (Fsp3) is 0.412. The number of nitrogens with one attached hydrogen (secondary N) is 1. The molecular weight excluding hydrogens is 401 g/mol. The van der Waals surface area contributed by atoms with Gasteiger partial charge in [-0.05, 0) is 31.7 Å². The quantitative estimate of drug-likeness (QED) is 0.593. The van der Waals surface area contributed by atoms with Crippen LogP contribution in [0.4, 0.5) is 18.9 Å². The Bertz CT molecular complexity index is 927. The minimum absolute atomic E-state index is 0.0393. The van der Waals surface area contributed by atoms with Crippen LogP contribution in [0.3, 0.4) is 0 Å². The Kier molecular flexibility index (Phi) is 5.59. The van der Waals surface area contributed by atoms with Gasteiger partial charge in [-0.15, -0.1) is 0 Å². The summed E-state index contributed by atoms with van der Waals surface area (Å²) >= 11 is 5.90. The van der Waals surface area contributed by atoms with Crippen molar-refractivity contribution >= 4 is 23.2 Å². The summed E-state index contributed by atoms with van der Waals surface area (Å²) in [6.45, 7) is 0.117. The Morgan fingerprint density at radius 3 is 2.68 bits per heavy atom. The van der Waals surface area contributed by atoms with Gasteiger partial charge in [0.2, 0.25) is 0 Å². The second kappa shape index (κ2) is 7.78. The molecule has 28 heavy (non-hydrogen) atoms. The number of halogens is 4. The molecule has 0 radical (unpaired) electrons. The molecule has 1 aromatic carbocycles. The smallest absolute Gasteiger partial charge is 0.350 e. The van der Waals surface area contributed by atoms with Gasteiger partial charge in [0.15, 0.2) is 5.69 Å². The van der Waals surface area contributed by atoms with Crippen molar-refractivity contribution in [3.63, 3.8) is 0 Å². The Balaban J connectivity index is 1.69. The lowest BCUT2D eigenvalue weighted by molar-refractivity contribution is -0.384. The third kappa shape index (κ3) is 4.11. The molecule has 1 aliphatic carbocycles. The molecule has 0 bridgehead atoms. The summed E-state index contributed by atoms with van der Waals surface area (Å²) in [7, 11) is 0. The van der Waals surface area contributed by atoms with Gasteiger partial charge in [-0.1, -0.05) is 11.6 Å². The Morgan fingerprint density at radius 2 is 2.04 bits per heavy atom. The number of aromatic nitrogens is 2. The number of hydrogen-bond donors (Lipinski definition) is 1. The van der Waals surface area contributed by atoms with Crippen LogP contribution in [0.5, 0.6) is 0 Å². The van der Waals surface area contributed by atoms with E-state index in [0.717, 1.165) is 18.6 Å². The molecule has 0 atom stereocenters.